The summed E-state index contributed by atoms with van der Waals surface area (Å²) in [6.45, 7) is 2.18. The van der Waals surface area contributed by atoms with Gasteiger partial charge in [0.1, 0.15) is 0 Å². The van der Waals surface area contributed by atoms with Gasteiger partial charge in [-0.05, 0) is 32.6 Å². The Balaban J connectivity index is 1.94. The van der Waals surface area contributed by atoms with Crippen molar-refractivity contribution in [3.8, 4) is 0 Å². The Kier molecular flexibility index (Phi) is 4.05. The standard InChI is InChI=1S/C11H18N2S2/c1-8(12-2)10-7-13-11(15-10)6-9-4-3-5-14-9/h7-9,12H,3-6H2,1-2H3. The number of hydrogen-bond acceptors (Lipinski definition) is 4. The van der Waals surface area contributed by atoms with Gasteiger partial charge in [0.2, 0.25) is 0 Å². The van der Waals surface area contributed by atoms with E-state index in [2.05, 4.69) is 29.0 Å². The molecule has 2 nitrogen and oxygen atoms in total. The molecule has 1 N–H and O–H groups in total. The topological polar surface area (TPSA) is 24.9 Å². The van der Waals surface area contributed by atoms with E-state index in [1.807, 2.05) is 24.6 Å². The first-order valence-electron chi connectivity index (χ1n) is 5.53. The van der Waals surface area contributed by atoms with Crippen LogP contribution < -0.4 is 5.32 Å². The molecular formula is C11H18N2S2. The maximum Gasteiger partial charge on any atom is 0.0939 e. The molecule has 1 aliphatic rings. The molecule has 2 rings (SSSR count). The summed E-state index contributed by atoms with van der Waals surface area (Å²) in [4.78, 5) is 5.87. The van der Waals surface area contributed by atoms with Gasteiger partial charge in [-0.3, -0.25) is 0 Å². The first-order chi connectivity index (χ1) is 7.29. The Labute approximate surface area is 99.9 Å². The van der Waals surface area contributed by atoms with Crippen LogP contribution in [0.1, 0.15) is 35.7 Å². The van der Waals surface area contributed by atoms with Gasteiger partial charge in [-0.15, -0.1) is 11.3 Å². The average Bonchev–Trinajstić information content (AvgIpc) is 2.88. The van der Waals surface area contributed by atoms with Gasteiger partial charge in [0.25, 0.3) is 0 Å². The van der Waals surface area contributed by atoms with Crippen molar-refractivity contribution in [1.82, 2.24) is 10.3 Å². The van der Waals surface area contributed by atoms with Crippen LogP contribution in [-0.4, -0.2) is 23.0 Å². The van der Waals surface area contributed by atoms with Crippen LogP contribution >= 0.6 is 23.1 Å². The summed E-state index contributed by atoms with van der Waals surface area (Å²) in [7, 11) is 2.00. The number of thiazole rings is 1. The molecule has 0 aliphatic carbocycles. The zero-order chi connectivity index (χ0) is 10.7. The van der Waals surface area contributed by atoms with E-state index < -0.39 is 0 Å². The lowest BCUT2D eigenvalue weighted by Gasteiger charge is -2.06. The second-order valence-corrected chi connectivity index (χ2v) is 6.56. The van der Waals surface area contributed by atoms with E-state index in [0.717, 1.165) is 5.25 Å². The second kappa shape index (κ2) is 5.32. The summed E-state index contributed by atoms with van der Waals surface area (Å²) in [6, 6.07) is 0.437. The summed E-state index contributed by atoms with van der Waals surface area (Å²) in [5.41, 5.74) is 0. The molecule has 0 aromatic carbocycles. The van der Waals surface area contributed by atoms with E-state index in [1.165, 1.54) is 34.9 Å². The zero-order valence-corrected chi connectivity index (χ0v) is 11.0. The molecule has 2 heterocycles. The highest BCUT2D eigenvalue weighted by Crippen LogP contribution is 2.30. The minimum Gasteiger partial charge on any atom is -0.312 e. The van der Waals surface area contributed by atoms with Crippen LogP contribution in [0, 0.1) is 0 Å². The predicted octanol–water partition coefficient (Wildman–Crippen LogP) is 2.86. The van der Waals surface area contributed by atoms with Crippen molar-refractivity contribution in [2.45, 2.75) is 37.5 Å². The van der Waals surface area contributed by atoms with Crippen LogP contribution in [0.4, 0.5) is 0 Å². The minimum atomic E-state index is 0.437. The van der Waals surface area contributed by atoms with Crippen molar-refractivity contribution < 1.29 is 0 Å². The van der Waals surface area contributed by atoms with Crippen molar-refractivity contribution in [3.05, 3.63) is 16.1 Å². The summed E-state index contributed by atoms with van der Waals surface area (Å²) in [6.07, 6.45) is 5.97. The molecule has 0 radical (unpaired) electrons. The SMILES string of the molecule is CNC(C)c1cnc(CC2CCCS2)s1. The molecule has 1 aromatic rings. The first-order valence-corrected chi connectivity index (χ1v) is 7.39. The maximum absolute atomic E-state index is 4.51. The number of nitrogens with one attached hydrogen (secondary N) is 1. The summed E-state index contributed by atoms with van der Waals surface area (Å²) >= 11 is 3.98. The van der Waals surface area contributed by atoms with Gasteiger partial charge in [0.05, 0.1) is 5.01 Å². The lowest BCUT2D eigenvalue weighted by Crippen LogP contribution is -2.10. The lowest BCUT2D eigenvalue weighted by atomic mass is 10.2. The normalized spacial score (nSPS) is 23.2. The van der Waals surface area contributed by atoms with E-state index in [-0.39, 0.29) is 0 Å². The Hall–Kier alpha value is -0.0600. The molecule has 84 valence electrons. The van der Waals surface area contributed by atoms with Crippen molar-refractivity contribution in [1.29, 1.82) is 0 Å². The monoisotopic (exact) mass is 242 g/mol. The van der Waals surface area contributed by atoms with Gasteiger partial charge < -0.3 is 5.32 Å². The van der Waals surface area contributed by atoms with Crippen LogP contribution in [0.2, 0.25) is 0 Å². The fraction of sp³-hybridized carbons (Fsp3) is 0.727. The Morgan fingerprint density at radius 1 is 1.67 bits per heavy atom. The molecule has 4 heteroatoms. The fourth-order valence-corrected chi connectivity index (χ4v) is 4.20. The molecule has 0 amide bonds. The molecule has 1 aromatic heterocycles. The molecule has 0 saturated carbocycles. The number of aromatic nitrogens is 1. The molecule has 15 heavy (non-hydrogen) atoms. The number of nitrogens with zero attached hydrogens (tertiary/aromatic N) is 1. The van der Waals surface area contributed by atoms with E-state index in [0.29, 0.717) is 6.04 Å². The molecular weight excluding hydrogens is 224 g/mol. The van der Waals surface area contributed by atoms with Crippen LogP contribution in [-0.2, 0) is 6.42 Å². The van der Waals surface area contributed by atoms with Gasteiger partial charge in [0, 0.05) is 28.8 Å². The van der Waals surface area contributed by atoms with Crippen molar-refractivity contribution in [2.24, 2.45) is 0 Å². The highest BCUT2D eigenvalue weighted by Gasteiger charge is 2.18. The largest absolute Gasteiger partial charge is 0.312 e. The molecule has 1 fully saturated rings. The molecule has 0 bridgehead atoms. The van der Waals surface area contributed by atoms with Crippen molar-refractivity contribution >= 4 is 23.1 Å². The van der Waals surface area contributed by atoms with Gasteiger partial charge >= 0.3 is 0 Å². The average molecular weight is 242 g/mol. The third-order valence-electron chi connectivity index (χ3n) is 2.86. The van der Waals surface area contributed by atoms with Crippen molar-refractivity contribution in [2.75, 3.05) is 12.8 Å². The molecule has 1 aliphatic heterocycles. The molecule has 2 unspecified atom stereocenters. The summed E-state index contributed by atoms with van der Waals surface area (Å²) in [5, 5.41) is 5.39. The van der Waals surface area contributed by atoms with E-state index in [1.54, 1.807) is 0 Å². The number of rotatable bonds is 4. The minimum absolute atomic E-state index is 0.437. The highest BCUT2D eigenvalue weighted by molar-refractivity contribution is 8.00. The highest BCUT2D eigenvalue weighted by atomic mass is 32.2. The smallest absolute Gasteiger partial charge is 0.0939 e. The quantitative estimate of drug-likeness (QED) is 0.879. The van der Waals surface area contributed by atoms with Gasteiger partial charge in [-0.1, -0.05) is 0 Å². The van der Waals surface area contributed by atoms with Crippen molar-refractivity contribution in [3.63, 3.8) is 0 Å². The van der Waals surface area contributed by atoms with Crippen LogP contribution in [0.15, 0.2) is 6.20 Å². The van der Waals surface area contributed by atoms with E-state index >= 15 is 0 Å². The number of thioether (sulfide) groups is 1. The van der Waals surface area contributed by atoms with E-state index in [4.69, 9.17) is 0 Å². The van der Waals surface area contributed by atoms with Crippen LogP contribution in [0.5, 0.6) is 0 Å². The second-order valence-electron chi connectivity index (χ2n) is 4.01. The van der Waals surface area contributed by atoms with E-state index in [9.17, 15) is 0 Å². The Morgan fingerprint density at radius 3 is 3.20 bits per heavy atom. The van der Waals surface area contributed by atoms with Crippen LogP contribution in [0.3, 0.4) is 0 Å². The Morgan fingerprint density at radius 2 is 2.53 bits per heavy atom. The fourth-order valence-electron chi connectivity index (χ4n) is 1.76. The molecule has 0 spiro atoms. The van der Waals surface area contributed by atoms with Gasteiger partial charge in [-0.25, -0.2) is 4.98 Å². The zero-order valence-electron chi connectivity index (χ0n) is 9.32. The Bertz CT molecular complexity index is 305. The third-order valence-corrected chi connectivity index (χ3v) is 5.46. The molecule has 2 atom stereocenters. The number of hydrogen-bond donors (Lipinski definition) is 1. The molecule has 1 saturated heterocycles. The van der Waals surface area contributed by atoms with Gasteiger partial charge in [-0.2, -0.15) is 11.8 Å². The predicted molar refractivity (Wildman–Crippen MR) is 68.8 cm³/mol. The third kappa shape index (κ3) is 2.95. The summed E-state index contributed by atoms with van der Waals surface area (Å²) in [5.74, 6) is 1.34. The maximum atomic E-state index is 4.51. The lowest BCUT2D eigenvalue weighted by molar-refractivity contribution is 0.662. The first kappa shape index (κ1) is 11.4. The van der Waals surface area contributed by atoms with Crippen LogP contribution in [0.25, 0.3) is 0 Å². The summed E-state index contributed by atoms with van der Waals surface area (Å²) < 4.78 is 0. The van der Waals surface area contributed by atoms with Gasteiger partial charge in [0.15, 0.2) is 0 Å².